The van der Waals surface area contributed by atoms with E-state index in [0.717, 1.165) is 6.07 Å². The number of benzene rings is 2. The van der Waals surface area contributed by atoms with E-state index in [9.17, 15) is 27.2 Å². The summed E-state index contributed by atoms with van der Waals surface area (Å²) in [6.45, 7) is 0.942. The van der Waals surface area contributed by atoms with Gasteiger partial charge in [0.05, 0.1) is 23.4 Å². The van der Waals surface area contributed by atoms with Crippen LogP contribution in [-0.2, 0) is 6.18 Å². The summed E-state index contributed by atoms with van der Waals surface area (Å²) in [5.41, 5.74) is -0.652. The highest BCUT2D eigenvalue weighted by Crippen LogP contribution is 2.32. The van der Waals surface area contributed by atoms with Crippen molar-refractivity contribution in [3.8, 4) is 0 Å². The van der Waals surface area contributed by atoms with Gasteiger partial charge in [-0.2, -0.15) is 13.2 Å². The minimum atomic E-state index is -4.63. The minimum absolute atomic E-state index is 0.0686. The maximum Gasteiger partial charge on any atom is 0.417 e. The largest absolute Gasteiger partial charge is 0.417 e. The van der Waals surface area contributed by atoms with Crippen molar-refractivity contribution in [3.63, 3.8) is 0 Å². The van der Waals surface area contributed by atoms with Crippen molar-refractivity contribution in [2.24, 2.45) is 0 Å². The number of hydrogen-bond acceptors (Lipinski definition) is 4. The molecule has 10 heteroatoms. The molecule has 34 heavy (non-hydrogen) atoms. The highest BCUT2D eigenvalue weighted by Gasteiger charge is 2.36. The number of aromatic nitrogens is 1. The van der Waals surface area contributed by atoms with Crippen LogP contribution in [-0.4, -0.2) is 41.5 Å². The van der Waals surface area contributed by atoms with Gasteiger partial charge >= 0.3 is 6.18 Å². The minimum Gasteiger partial charge on any atom is -0.339 e. The fourth-order valence-corrected chi connectivity index (χ4v) is 3.68. The maximum atomic E-state index is 13.3. The summed E-state index contributed by atoms with van der Waals surface area (Å²) >= 11 is 0. The fourth-order valence-electron chi connectivity index (χ4n) is 3.68. The molecule has 176 valence electrons. The van der Waals surface area contributed by atoms with Crippen LogP contribution >= 0.6 is 0 Å². The Morgan fingerprint density at radius 3 is 2.35 bits per heavy atom. The number of rotatable bonds is 4. The van der Waals surface area contributed by atoms with E-state index in [2.05, 4.69) is 10.3 Å². The molecule has 1 aliphatic heterocycles. The van der Waals surface area contributed by atoms with Crippen LogP contribution in [0.25, 0.3) is 0 Å². The molecule has 2 amide bonds. The summed E-state index contributed by atoms with van der Waals surface area (Å²) in [4.78, 5) is 32.7. The second-order valence-corrected chi connectivity index (χ2v) is 7.74. The summed E-state index contributed by atoms with van der Waals surface area (Å²) in [7, 11) is 0. The number of halogens is 4. The Balaban J connectivity index is 1.45. The van der Waals surface area contributed by atoms with Gasteiger partial charge in [-0.15, -0.1) is 0 Å². The van der Waals surface area contributed by atoms with Gasteiger partial charge < -0.3 is 15.1 Å². The smallest absolute Gasteiger partial charge is 0.339 e. The molecule has 0 radical (unpaired) electrons. The molecule has 6 nitrogen and oxygen atoms in total. The third kappa shape index (κ3) is 5.16. The molecule has 0 aliphatic carbocycles. The van der Waals surface area contributed by atoms with Gasteiger partial charge in [-0.3, -0.25) is 9.59 Å². The Morgan fingerprint density at radius 1 is 0.941 bits per heavy atom. The van der Waals surface area contributed by atoms with E-state index >= 15 is 0 Å². The van der Waals surface area contributed by atoms with Crippen molar-refractivity contribution in [1.82, 2.24) is 9.88 Å². The normalized spacial score (nSPS) is 14.1. The van der Waals surface area contributed by atoms with E-state index in [1.807, 2.05) is 0 Å². The summed E-state index contributed by atoms with van der Waals surface area (Å²) in [6, 6.07) is 13.2. The Kier molecular flexibility index (Phi) is 6.49. The third-order valence-electron chi connectivity index (χ3n) is 5.38. The zero-order valence-corrected chi connectivity index (χ0v) is 17.8. The summed E-state index contributed by atoms with van der Waals surface area (Å²) < 4.78 is 53.0. The molecule has 1 N–H and O–H groups in total. The van der Waals surface area contributed by atoms with E-state index < -0.39 is 34.9 Å². The van der Waals surface area contributed by atoms with Gasteiger partial charge in [0.25, 0.3) is 11.8 Å². The van der Waals surface area contributed by atoms with Gasteiger partial charge in [-0.05, 0) is 55.0 Å². The van der Waals surface area contributed by atoms with Gasteiger partial charge in [-0.25, -0.2) is 9.37 Å². The number of nitrogens with zero attached hydrogens (tertiary/aromatic N) is 3. The first-order chi connectivity index (χ1) is 16.2. The summed E-state index contributed by atoms with van der Waals surface area (Å²) in [5, 5.41) is 2.64. The van der Waals surface area contributed by atoms with Crippen LogP contribution < -0.4 is 10.2 Å². The number of alkyl halides is 3. The molecule has 2 heterocycles. The summed E-state index contributed by atoms with van der Waals surface area (Å²) in [6.07, 6.45) is -2.71. The van der Waals surface area contributed by atoms with Crippen molar-refractivity contribution in [1.29, 1.82) is 0 Å². The Morgan fingerprint density at radius 2 is 1.68 bits per heavy atom. The predicted molar refractivity (Wildman–Crippen MR) is 118 cm³/mol. The molecular weight excluding hydrogens is 452 g/mol. The fraction of sp³-hybridized carbons (Fsp3) is 0.208. The first-order valence-corrected chi connectivity index (χ1v) is 10.5. The lowest BCUT2D eigenvalue weighted by atomic mass is 10.1. The summed E-state index contributed by atoms with van der Waals surface area (Å²) in [5.74, 6) is -1.06. The zero-order chi connectivity index (χ0) is 24.3. The first-order valence-electron chi connectivity index (χ1n) is 10.5. The van der Waals surface area contributed by atoms with Crippen molar-refractivity contribution >= 4 is 23.3 Å². The second kappa shape index (κ2) is 9.50. The van der Waals surface area contributed by atoms with Gasteiger partial charge in [0, 0.05) is 25.0 Å². The van der Waals surface area contributed by atoms with E-state index in [1.165, 1.54) is 53.6 Å². The first kappa shape index (κ1) is 23.2. The predicted octanol–water partition coefficient (Wildman–Crippen LogP) is 4.80. The standard InChI is InChI=1S/C24H20F4N4O2/c25-17-7-9-18(10-8-17)30-22(33)16-6-11-21(29-14-16)31-12-3-13-32(15-31)23(34)19-4-1-2-5-20(19)24(26,27)28/h1-2,4-11,14H,3,12-13,15H2,(H,30,33). The number of carbonyl (C=O) groups is 2. The van der Waals surface area contributed by atoms with Gasteiger partial charge in [0.15, 0.2) is 0 Å². The van der Waals surface area contributed by atoms with Crippen LogP contribution in [0.1, 0.15) is 32.7 Å². The lowest BCUT2D eigenvalue weighted by Crippen LogP contribution is -2.48. The van der Waals surface area contributed by atoms with Crippen molar-refractivity contribution in [3.05, 3.63) is 89.4 Å². The lowest BCUT2D eigenvalue weighted by molar-refractivity contribution is -0.138. The van der Waals surface area contributed by atoms with Crippen LogP contribution in [0.5, 0.6) is 0 Å². The molecule has 1 aromatic heterocycles. The van der Waals surface area contributed by atoms with E-state index in [1.54, 1.807) is 17.0 Å². The molecule has 0 atom stereocenters. The lowest BCUT2D eigenvalue weighted by Gasteiger charge is -2.36. The van der Waals surface area contributed by atoms with Crippen molar-refractivity contribution in [2.75, 3.05) is 30.0 Å². The van der Waals surface area contributed by atoms with Gasteiger partial charge in [0.1, 0.15) is 11.6 Å². The van der Waals surface area contributed by atoms with E-state index in [-0.39, 0.29) is 12.2 Å². The Hall–Kier alpha value is -3.95. The number of pyridine rings is 1. The average Bonchev–Trinajstić information content (AvgIpc) is 2.84. The topological polar surface area (TPSA) is 65.5 Å². The molecule has 0 spiro atoms. The highest BCUT2D eigenvalue weighted by molar-refractivity contribution is 6.04. The molecule has 4 rings (SSSR count). The number of anilines is 2. The van der Waals surface area contributed by atoms with Crippen molar-refractivity contribution < 1.29 is 27.2 Å². The number of hydrogen-bond donors (Lipinski definition) is 1. The third-order valence-corrected chi connectivity index (χ3v) is 5.38. The van der Waals surface area contributed by atoms with Gasteiger partial charge in [0.2, 0.25) is 0 Å². The molecule has 0 saturated carbocycles. The molecule has 2 aromatic carbocycles. The molecule has 1 fully saturated rings. The van der Waals surface area contributed by atoms with Crippen LogP contribution in [0, 0.1) is 5.82 Å². The zero-order valence-electron chi connectivity index (χ0n) is 17.8. The number of nitrogens with one attached hydrogen (secondary N) is 1. The van der Waals surface area contributed by atoms with E-state index in [0.29, 0.717) is 31.0 Å². The highest BCUT2D eigenvalue weighted by atomic mass is 19.4. The monoisotopic (exact) mass is 472 g/mol. The molecule has 3 aromatic rings. The molecule has 1 aliphatic rings. The van der Waals surface area contributed by atoms with Crippen LogP contribution in [0.4, 0.5) is 29.1 Å². The van der Waals surface area contributed by atoms with Crippen LogP contribution in [0.15, 0.2) is 66.9 Å². The second-order valence-electron chi connectivity index (χ2n) is 7.74. The van der Waals surface area contributed by atoms with E-state index in [4.69, 9.17) is 0 Å². The molecular formula is C24H20F4N4O2. The number of amides is 2. The van der Waals surface area contributed by atoms with Crippen LogP contribution in [0.2, 0.25) is 0 Å². The maximum absolute atomic E-state index is 13.3. The molecule has 0 bridgehead atoms. The Labute approximate surface area is 192 Å². The van der Waals surface area contributed by atoms with Crippen molar-refractivity contribution in [2.45, 2.75) is 12.6 Å². The molecule has 1 saturated heterocycles. The van der Waals surface area contributed by atoms with Gasteiger partial charge in [-0.1, -0.05) is 12.1 Å². The molecule has 0 unspecified atom stereocenters. The van der Waals surface area contributed by atoms with Crippen LogP contribution in [0.3, 0.4) is 0 Å². The quantitative estimate of drug-likeness (QED) is 0.554. The SMILES string of the molecule is O=C(Nc1ccc(F)cc1)c1ccc(N2CCCN(C(=O)c3ccccc3C(F)(F)F)C2)nc1. The Bertz CT molecular complexity index is 1180. The average molecular weight is 472 g/mol. The number of carbonyl (C=O) groups excluding carboxylic acids is 2.